The second-order valence-corrected chi connectivity index (χ2v) is 5.60. The smallest absolute Gasteiger partial charge is 0.222 e. The van der Waals surface area contributed by atoms with Crippen molar-refractivity contribution in [3.8, 4) is 5.75 Å². The first-order valence-corrected chi connectivity index (χ1v) is 7.25. The van der Waals surface area contributed by atoms with Gasteiger partial charge in [0.05, 0.1) is 0 Å². The van der Waals surface area contributed by atoms with Gasteiger partial charge in [-0.05, 0) is 31.5 Å². The van der Waals surface area contributed by atoms with Gasteiger partial charge in [0.25, 0.3) is 0 Å². The zero-order chi connectivity index (χ0) is 14.4. The van der Waals surface area contributed by atoms with Crippen molar-refractivity contribution >= 4 is 5.91 Å². The van der Waals surface area contributed by atoms with Gasteiger partial charge in [0.1, 0.15) is 12.4 Å². The minimum Gasteiger partial charge on any atom is -0.492 e. The molecule has 1 aliphatic rings. The summed E-state index contributed by atoms with van der Waals surface area (Å²) in [7, 11) is 4.01. The van der Waals surface area contributed by atoms with Gasteiger partial charge < -0.3 is 14.5 Å². The highest BCUT2D eigenvalue weighted by molar-refractivity contribution is 5.76. The molecular formula is C16H24N2O2. The van der Waals surface area contributed by atoms with Gasteiger partial charge in [-0.15, -0.1) is 0 Å². The number of amides is 1. The lowest BCUT2D eigenvalue weighted by Crippen LogP contribution is -2.41. The molecule has 110 valence electrons. The average Bonchev–Trinajstić information content (AvgIpc) is 2.44. The van der Waals surface area contributed by atoms with E-state index in [1.807, 2.05) is 42.3 Å². The van der Waals surface area contributed by atoms with Crippen molar-refractivity contribution in [2.45, 2.75) is 12.8 Å². The van der Waals surface area contributed by atoms with Crippen LogP contribution in [-0.4, -0.2) is 56.0 Å². The fourth-order valence-corrected chi connectivity index (χ4v) is 2.62. The van der Waals surface area contributed by atoms with Gasteiger partial charge in [-0.1, -0.05) is 18.2 Å². The molecular weight excluding hydrogens is 252 g/mol. The maximum atomic E-state index is 11.4. The van der Waals surface area contributed by atoms with E-state index in [0.29, 0.717) is 18.9 Å². The second-order valence-electron chi connectivity index (χ2n) is 5.60. The third kappa shape index (κ3) is 4.53. The average molecular weight is 276 g/mol. The van der Waals surface area contributed by atoms with Crippen LogP contribution < -0.4 is 4.74 Å². The van der Waals surface area contributed by atoms with Crippen molar-refractivity contribution in [3.05, 3.63) is 30.3 Å². The molecule has 1 aromatic rings. The fraction of sp³-hybridized carbons (Fsp3) is 0.562. The van der Waals surface area contributed by atoms with Gasteiger partial charge in [-0.2, -0.15) is 0 Å². The molecule has 0 aliphatic carbocycles. The van der Waals surface area contributed by atoms with Gasteiger partial charge in [0, 0.05) is 33.1 Å². The topological polar surface area (TPSA) is 32.8 Å². The Morgan fingerprint density at radius 3 is 2.80 bits per heavy atom. The molecule has 1 aromatic carbocycles. The lowest BCUT2D eigenvalue weighted by atomic mass is 9.97. The number of benzene rings is 1. The number of nitrogens with zero attached hydrogens (tertiary/aromatic N) is 2. The highest BCUT2D eigenvalue weighted by atomic mass is 16.5. The number of hydrogen-bond acceptors (Lipinski definition) is 3. The number of likely N-dealkylation sites (N-methyl/N-ethyl adjacent to an activating group) is 1. The van der Waals surface area contributed by atoms with Crippen molar-refractivity contribution in [2.75, 3.05) is 40.3 Å². The molecule has 0 bridgehead atoms. The summed E-state index contributed by atoms with van der Waals surface area (Å²) >= 11 is 0. The van der Waals surface area contributed by atoms with Crippen LogP contribution in [0, 0.1) is 5.92 Å². The summed E-state index contributed by atoms with van der Waals surface area (Å²) < 4.78 is 5.70. The Morgan fingerprint density at radius 2 is 2.10 bits per heavy atom. The van der Waals surface area contributed by atoms with Crippen LogP contribution in [0.15, 0.2) is 30.3 Å². The van der Waals surface area contributed by atoms with E-state index >= 15 is 0 Å². The van der Waals surface area contributed by atoms with Crippen molar-refractivity contribution in [2.24, 2.45) is 5.92 Å². The number of likely N-dealkylation sites (tertiary alicyclic amines) is 1. The largest absolute Gasteiger partial charge is 0.492 e. The molecule has 1 saturated heterocycles. The van der Waals surface area contributed by atoms with E-state index in [2.05, 4.69) is 11.9 Å². The summed E-state index contributed by atoms with van der Waals surface area (Å²) in [5.74, 6) is 1.78. The SMILES string of the molecule is CN(CCOc1ccccc1)CC1CCC(=O)N(C)C1. The summed E-state index contributed by atoms with van der Waals surface area (Å²) in [5, 5.41) is 0. The predicted octanol–water partition coefficient (Wildman–Crippen LogP) is 1.87. The maximum absolute atomic E-state index is 11.4. The molecule has 2 rings (SSSR count). The molecule has 0 spiro atoms. The number of rotatable bonds is 6. The molecule has 1 fully saturated rings. The van der Waals surface area contributed by atoms with Crippen molar-refractivity contribution in [3.63, 3.8) is 0 Å². The summed E-state index contributed by atoms with van der Waals surface area (Å²) in [6.07, 6.45) is 1.70. The first-order chi connectivity index (χ1) is 9.65. The molecule has 0 aromatic heterocycles. The van der Waals surface area contributed by atoms with Gasteiger partial charge >= 0.3 is 0 Å². The van der Waals surface area contributed by atoms with Gasteiger partial charge in [0.2, 0.25) is 5.91 Å². The molecule has 0 saturated carbocycles. The molecule has 4 nitrogen and oxygen atoms in total. The van der Waals surface area contributed by atoms with Crippen LogP contribution in [0.2, 0.25) is 0 Å². The third-order valence-electron chi connectivity index (χ3n) is 3.78. The molecule has 1 amide bonds. The van der Waals surface area contributed by atoms with Crippen LogP contribution >= 0.6 is 0 Å². The molecule has 20 heavy (non-hydrogen) atoms. The second kappa shape index (κ2) is 7.29. The molecule has 1 unspecified atom stereocenters. The monoisotopic (exact) mass is 276 g/mol. The first-order valence-electron chi connectivity index (χ1n) is 7.25. The maximum Gasteiger partial charge on any atom is 0.222 e. The third-order valence-corrected chi connectivity index (χ3v) is 3.78. The van der Waals surface area contributed by atoms with Crippen LogP contribution in [0.4, 0.5) is 0 Å². The molecule has 0 N–H and O–H groups in total. The zero-order valence-corrected chi connectivity index (χ0v) is 12.4. The highest BCUT2D eigenvalue weighted by Gasteiger charge is 2.23. The van der Waals surface area contributed by atoms with E-state index in [1.54, 1.807) is 0 Å². The van der Waals surface area contributed by atoms with Crippen molar-refractivity contribution in [1.29, 1.82) is 0 Å². The number of ether oxygens (including phenoxy) is 1. The van der Waals surface area contributed by atoms with Crippen LogP contribution in [-0.2, 0) is 4.79 Å². The summed E-state index contributed by atoms with van der Waals surface area (Å²) in [6.45, 7) is 3.50. The number of carbonyl (C=O) groups is 1. The Balaban J connectivity index is 1.65. The van der Waals surface area contributed by atoms with E-state index in [4.69, 9.17) is 4.74 Å². The highest BCUT2D eigenvalue weighted by Crippen LogP contribution is 2.17. The van der Waals surface area contributed by atoms with Gasteiger partial charge in [-0.25, -0.2) is 0 Å². The van der Waals surface area contributed by atoms with Crippen molar-refractivity contribution in [1.82, 2.24) is 9.80 Å². The minimum absolute atomic E-state index is 0.274. The molecule has 1 heterocycles. The van der Waals surface area contributed by atoms with E-state index < -0.39 is 0 Å². The number of para-hydroxylation sites is 1. The Hall–Kier alpha value is -1.55. The van der Waals surface area contributed by atoms with Gasteiger partial charge in [0.15, 0.2) is 0 Å². The lowest BCUT2D eigenvalue weighted by molar-refractivity contribution is -0.133. The van der Waals surface area contributed by atoms with E-state index in [0.717, 1.165) is 31.8 Å². The summed E-state index contributed by atoms with van der Waals surface area (Å²) in [4.78, 5) is 15.6. The van der Waals surface area contributed by atoms with Crippen LogP contribution in [0.5, 0.6) is 5.75 Å². The molecule has 4 heteroatoms. The minimum atomic E-state index is 0.274. The Labute approximate surface area is 121 Å². The van der Waals surface area contributed by atoms with E-state index in [1.165, 1.54) is 0 Å². The number of hydrogen-bond donors (Lipinski definition) is 0. The first kappa shape index (κ1) is 14.9. The number of carbonyl (C=O) groups excluding carboxylic acids is 1. The summed E-state index contributed by atoms with van der Waals surface area (Å²) in [5.41, 5.74) is 0. The zero-order valence-electron chi connectivity index (χ0n) is 12.4. The fourth-order valence-electron chi connectivity index (χ4n) is 2.62. The van der Waals surface area contributed by atoms with Crippen LogP contribution in [0.3, 0.4) is 0 Å². The predicted molar refractivity (Wildman–Crippen MR) is 79.8 cm³/mol. The molecule has 0 radical (unpaired) electrons. The quantitative estimate of drug-likeness (QED) is 0.795. The normalized spacial score (nSPS) is 19.4. The Morgan fingerprint density at radius 1 is 1.35 bits per heavy atom. The van der Waals surface area contributed by atoms with E-state index in [9.17, 15) is 4.79 Å². The Kier molecular flexibility index (Phi) is 5.41. The van der Waals surface area contributed by atoms with Crippen LogP contribution in [0.25, 0.3) is 0 Å². The standard InChI is InChI=1S/C16H24N2O2/c1-17(10-11-20-15-6-4-3-5-7-15)12-14-8-9-16(19)18(2)13-14/h3-7,14H,8-13H2,1-2H3. The van der Waals surface area contributed by atoms with Gasteiger partial charge in [-0.3, -0.25) is 4.79 Å². The van der Waals surface area contributed by atoms with E-state index in [-0.39, 0.29) is 5.91 Å². The molecule has 1 aliphatic heterocycles. The van der Waals surface area contributed by atoms with Crippen molar-refractivity contribution < 1.29 is 9.53 Å². The molecule has 1 atom stereocenters. The number of piperidine rings is 1. The van der Waals surface area contributed by atoms with Crippen LogP contribution in [0.1, 0.15) is 12.8 Å². The Bertz CT molecular complexity index is 422. The summed E-state index contributed by atoms with van der Waals surface area (Å²) in [6, 6.07) is 9.89. The lowest BCUT2D eigenvalue weighted by Gasteiger charge is -2.32.